The van der Waals surface area contributed by atoms with Gasteiger partial charge in [-0.15, -0.1) is 12.4 Å². The summed E-state index contributed by atoms with van der Waals surface area (Å²) >= 11 is 0. The molecule has 0 aliphatic carbocycles. The average molecular weight is 1080 g/mol. The molecule has 4 unspecified atom stereocenters. The Balaban J connectivity index is 0.000000228. The Morgan fingerprint density at radius 1 is 0.543 bits per heavy atom. The second-order valence-corrected chi connectivity index (χ2v) is 19.5. The quantitative estimate of drug-likeness (QED) is 0.0505. The van der Waals surface area contributed by atoms with Crippen molar-refractivity contribution in [3.05, 3.63) is 90.3 Å². The van der Waals surface area contributed by atoms with Crippen molar-refractivity contribution in [2.75, 3.05) is 19.8 Å². The van der Waals surface area contributed by atoms with Gasteiger partial charge in [0.2, 0.25) is 0 Å². The third-order valence-corrected chi connectivity index (χ3v) is 11.7. The highest BCUT2D eigenvalue weighted by atomic mass is 35.5. The Morgan fingerprint density at radius 3 is 1.17 bits per heavy atom. The molecule has 3 aromatic rings. The lowest BCUT2D eigenvalue weighted by Crippen LogP contribution is -2.46. The monoisotopic (exact) mass is 1080 g/mol. The summed E-state index contributed by atoms with van der Waals surface area (Å²) in [5.41, 5.74) is 16.2. The summed E-state index contributed by atoms with van der Waals surface area (Å²) in [6.45, 7) is 1.89. The number of rotatable bonds is 15. The van der Waals surface area contributed by atoms with Crippen LogP contribution in [0.15, 0.2) is 73.6 Å². The smallest absolute Gasteiger partial charge is 0.387 e. The van der Waals surface area contributed by atoms with Crippen molar-refractivity contribution in [2.45, 2.75) is 93.3 Å². The molecule has 4 aliphatic rings. The molecule has 0 bridgehead atoms. The molecule has 390 valence electrons. The fraction of sp³-hybridized carbons (Fsp3) is 0.500. The second kappa shape index (κ2) is 23.8. The molecule has 3 aromatic heterocycles. The minimum Gasteiger partial charge on any atom is -0.387 e. The minimum atomic E-state index is -4.72. The summed E-state index contributed by atoms with van der Waals surface area (Å²) in [6.07, 6.45) is -3.72. The van der Waals surface area contributed by atoms with Crippen LogP contribution in [0.4, 0.5) is 0 Å². The number of nitrogens with zero attached hydrogens (tertiary/aromatic N) is 3. The number of ether oxygens (including phenoxy) is 5. The zero-order valence-corrected chi connectivity index (χ0v) is 40.0. The Labute approximate surface area is 402 Å². The molecule has 4 saturated heterocycles. The van der Waals surface area contributed by atoms with E-state index in [0.29, 0.717) is 0 Å². The lowest BCUT2D eigenvalue weighted by Gasteiger charge is -2.22. The normalized spacial score (nSPS) is 29.1. The molecular formula is C36H53ClN6O24P3+3. The van der Waals surface area contributed by atoms with Crippen LogP contribution in [0, 0.1) is 0 Å². The molecule has 4 fully saturated rings. The third-order valence-electron chi connectivity index (χ3n) is 10.2. The van der Waals surface area contributed by atoms with E-state index in [4.69, 9.17) is 70.2 Å². The number of phosphoric ester groups is 3. The second-order valence-electron chi connectivity index (χ2n) is 15.8. The first-order valence-electron chi connectivity index (χ1n) is 20.0. The van der Waals surface area contributed by atoms with Crippen LogP contribution in [-0.4, -0.2) is 148 Å². The highest BCUT2D eigenvalue weighted by Gasteiger charge is 2.59. The predicted molar refractivity (Wildman–Crippen MR) is 226 cm³/mol. The van der Waals surface area contributed by atoms with E-state index in [1.807, 2.05) is 0 Å². The number of aliphatic hydroxyl groups is 4. The maximum Gasteiger partial charge on any atom is 0.469 e. The van der Waals surface area contributed by atoms with Gasteiger partial charge in [0.15, 0.2) is 61.3 Å². The van der Waals surface area contributed by atoms with Crippen molar-refractivity contribution in [3.8, 4) is 0 Å². The summed E-state index contributed by atoms with van der Waals surface area (Å²) in [7, 11) is -14.1. The van der Waals surface area contributed by atoms with Gasteiger partial charge in [0.1, 0.15) is 53.3 Å². The molecule has 30 nitrogen and oxygen atoms in total. The first-order chi connectivity index (χ1) is 31.9. The number of pyridine rings is 3. The van der Waals surface area contributed by atoms with Crippen molar-refractivity contribution in [3.63, 3.8) is 0 Å². The molecular weight excluding hydrogens is 1030 g/mol. The van der Waals surface area contributed by atoms with Crippen LogP contribution in [0.1, 0.15) is 63.6 Å². The Hall–Kier alpha value is -3.88. The molecule has 16 N–H and O–H groups in total. The van der Waals surface area contributed by atoms with Gasteiger partial charge in [-0.25, -0.2) is 13.7 Å². The van der Waals surface area contributed by atoms with E-state index in [9.17, 15) is 48.5 Å². The van der Waals surface area contributed by atoms with E-state index in [1.54, 1.807) is 36.7 Å². The average Bonchev–Trinajstić information content (AvgIpc) is 3.95. The summed E-state index contributed by atoms with van der Waals surface area (Å²) in [5.74, 6) is -2.83. The molecule has 3 amide bonds. The number of nitrogens with two attached hydrogens (primary N) is 3. The van der Waals surface area contributed by atoms with Crippen molar-refractivity contribution in [1.82, 2.24) is 0 Å². The van der Waals surface area contributed by atoms with Crippen LogP contribution < -0.4 is 30.9 Å². The Bertz CT molecular complexity index is 2360. The Kier molecular flexibility index (Phi) is 19.9. The Morgan fingerprint density at radius 2 is 0.843 bits per heavy atom. The number of halogens is 1. The van der Waals surface area contributed by atoms with Gasteiger partial charge in [-0.2, -0.15) is 13.7 Å². The van der Waals surface area contributed by atoms with Gasteiger partial charge in [0.05, 0.1) is 19.8 Å². The van der Waals surface area contributed by atoms with Crippen LogP contribution in [0.5, 0.6) is 0 Å². The van der Waals surface area contributed by atoms with Gasteiger partial charge in [-0.05, 0) is 32.0 Å². The lowest BCUT2D eigenvalue weighted by atomic mass is 10.1. The van der Waals surface area contributed by atoms with E-state index < -0.39 is 134 Å². The van der Waals surface area contributed by atoms with E-state index in [-0.39, 0.29) is 35.7 Å². The molecule has 70 heavy (non-hydrogen) atoms. The number of hydrogen-bond acceptors (Lipinski definition) is 18. The molecule has 12 atom stereocenters. The van der Waals surface area contributed by atoms with Crippen LogP contribution in [0.2, 0.25) is 0 Å². The van der Waals surface area contributed by atoms with Gasteiger partial charge in [0.25, 0.3) is 36.4 Å². The molecule has 7 rings (SSSR count). The van der Waals surface area contributed by atoms with Crippen LogP contribution >= 0.6 is 35.9 Å². The van der Waals surface area contributed by atoms with Crippen molar-refractivity contribution in [1.29, 1.82) is 0 Å². The number of amides is 3. The minimum absolute atomic E-state index is 0. The first kappa shape index (κ1) is 58.7. The molecule has 34 heteroatoms. The molecule has 0 aromatic carbocycles. The number of carbonyl (C=O) groups excluding carboxylic acids is 3. The number of phosphoric acid groups is 3. The number of aromatic nitrogens is 3. The molecule has 0 saturated carbocycles. The van der Waals surface area contributed by atoms with Gasteiger partial charge in [-0.1, -0.05) is 0 Å². The molecule has 4 aliphatic heterocycles. The lowest BCUT2D eigenvalue weighted by molar-refractivity contribution is -0.766. The SMILES string of the molecule is CC1(C)OC2C(O1)[C@@H](COP(=O)(O)O)O[C@H]2[n+]1cccc(C(N)=O)c1.Cl.NC(=O)c1ccc[n+]([C@@H]2O[C@H](COP(=O)(O)O)C(O)[C@@H]2O)c1.NC(=O)c1ccc[n+]([C@@H]2O[C@H](COP(=O)(O)O)C(O)[C@@H]2O)c1. The topological polar surface area (TPSA) is 468 Å². The van der Waals surface area contributed by atoms with Crippen molar-refractivity contribution in [2.24, 2.45) is 17.2 Å². The fourth-order valence-electron chi connectivity index (χ4n) is 7.16. The molecule has 0 spiro atoms. The highest BCUT2D eigenvalue weighted by molar-refractivity contribution is 7.46. The standard InChI is InChI=1S/C14H19N2O8P.2C11H15N2O8P.ClH/c1-14(2)23-10-9(7-21-25(18,19)20)22-13(11(10)24-14)16-5-3-4-8(6-16)12(15)17;2*12-10(16)6-2-1-3-13(4-6)11-9(15)8(14)7(21-11)5-20-22(17,18)19;/h3-6,9-11,13H,7H2,1-2H3,(H3-,15,17,18,19,20);2*1-4,7-9,11,14-15H,5H2,(H3-,12,16,17,18,19);1H/p+3/t9-,10?,11?,13-;2*7-,8?,9+,11-;/m111./s1. The summed E-state index contributed by atoms with van der Waals surface area (Å²) in [4.78, 5) is 86.0. The molecule has 0 radical (unpaired) electrons. The maximum absolute atomic E-state index is 11.4. The van der Waals surface area contributed by atoms with E-state index >= 15 is 0 Å². The number of carbonyl (C=O) groups is 3. The van der Waals surface area contributed by atoms with E-state index in [0.717, 1.165) is 0 Å². The number of aliphatic hydroxyl groups excluding tert-OH is 4. The number of fused-ring (bicyclic) bond motifs is 1. The highest BCUT2D eigenvalue weighted by Crippen LogP contribution is 2.44. The first-order valence-corrected chi connectivity index (χ1v) is 24.6. The summed E-state index contributed by atoms with van der Waals surface area (Å²) < 4.78 is 77.8. The van der Waals surface area contributed by atoms with Gasteiger partial charge < -0.3 is 90.7 Å². The molecule has 7 heterocycles. The third kappa shape index (κ3) is 16.1. The largest absolute Gasteiger partial charge is 0.469 e. The number of primary amides is 3. The number of hydrogen-bond donors (Lipinski definition) is 13. The maximum atomic E-state index is 11.4. The summed E-state index contributed by atoms with van der Waals surface area (Å²) in [5, 5.41) is 39.7. The van der Waals surface area contributed by atoms with Crippen LogP contribution in [0.25, 0.3) is 0 Å². The zero-order valence-electron chi connectivity index (χ0n) is 36.5. The predicted octanol–water partition coefficient (Wildman–Crippen LogP) is -4.38. The van der Waals surface area contributed by atoms with Gasteiger partial charge in [-0.3, -0.25) is 28.0 Å². The van der Waals surface area contributed by atoms with E-state index in [1.165, 1.54) is 64.4 Å². The fourth-order valence-corrected chi connectivity index (χ4v) is 8.19. The van der Waals surface area contributed by atoms with Crippen molar-refractivity contribution >= 4 is 53.6 Å². The zero-order chi connectivity index (χ0) is 51.4. The van der Waals surface area contributed by atoms with E-state index in [2.05, 4.69) is 13.6 Å². The summed E-state index contributed by atoms with van der Waals surface area (Å²) in [6, 6.07) is 9.13. The van der Waals surface area contributed by atoms with Gasteiger partial charge in [0, 0.05) is 18.2 Å². The van der Waals surface area contributed by atoms with Crippen LogP contribution in [-0.2, 0) is 51.0 Å². The van der Waals surface area contributed by atoms with Crippen molar-refractivity contribution < 1.29 is 129 Å². The van der Waals surface area contributed by atoms with Crippen LogP contribution in [0.3, 0.4) is 0 Å². The van der Waals surface area contributed by atoms with Gasteiger partial charge >= 0.3 is 23.5 Å².